The summed E-state index contributed by atoms with van der Waals surface area (Å²) in [6, 6.07) is 3.38. The summed E-state index contributed by atoms with van der Waals surface area (Å²) in [7, 11) is 1.78. The van der Waals surface area contributed by atoms with Crippen LogP contribution in [0.4, 0.5) is 0 Å². The molecule has 1 aromatic carbocycles. The van der Waals surface area contributed by atoms with Gasteiger partial charge in [0.2, 0.25) is 0 Å². The Morgan fingerprint density at radius 2 is 2.00 bits per heavy atom. The molecular weight excluding hydrogens is 252 g/mol. The Morgan fingerprint density at radius 1 is 1.39 bits per heavy atom. The monoisotopic (exact) mass is 270 g/mol. The van der Waals surface area contributed by atoms with Gasteiger partial charge < -0.3 is 15.3 Å². The van der Waals surface area contributed by atoms with E-state index >= 15 is 0 Å². The zero-order valence-corrected chi connectivity index (χ0v) is 11.7. The molecule has 1 aromatic rings. The lowest BCUT2D eigenvalue weighted by atomic mass is 10.1. The number of phenolic OH excluding ortho intramolecular Hbond substituents is 1. The van der Waals surface area contributed by atoms with Crippen molar-refractivity contribution >= 4 is 17.5 Å². The fraction of sp³-hybridized carbons (Fsp3) is 0.462. The van der Waals surface area contributed by atoms with E-state index in [1.807, 2.05) is 13.8 Å². The quantitative estimate of drug-likeness (QED) is 0.863. The number of nitrogens with one attached hydrogen (secondary N) is 1. The molecule has 0 unspecified atom stereocenters. The summed E-state index contributed by atoms with van der Waals surface area (Å²) in [5.41, 5.74) is 1.02. The molecule has 100 valence electrons. The first-order chi connectivity index (χ1) is 8.56. The maximum absolute atomic E-state index is 12.2. The van der Waals surface area contributed by atoms with Gasteiger partial charge in [-0.3, -0.25) is 4.79 Å². The predicted molar refractivity (Wildman–Crippen MR) is 73.1 cm³/mol. The molecule has 0 aliphatic rings. The van der Waals surface area contributed by atoms with Crippen LogP contribution in [0.15, 0.2) is 12.1 Å². The van der Waals surface area contributed by atoms with Crippen LogP contribution in [0, 0.1) is 0 Å². The highest BCUT2D eigenvalue weighted by atomic mass is 35.5. The number of hydrogen-bond acceptors (Lipinski definition) is 3. The zero-order chi connectivity index (χ0) is 13.7. The number of halogens is 1. The number of phenols is 1. The molecule has 0 saturated heterocycles. The van der Waals surface area contributed by atoms with Crippen LogP contribution in [-0.2, 0) is 6.54 Å². The summed E-state index contributed by atoms with van der Waals surface area (Å²) in [5, 5.41) is 13.0. The second-order valence-corrected chi connectivity index (χ2v) is 4.32. The Hall–Kier alpha value is -1.26. The third kappa shape index (κ3) is 2.94. The van der Waals surface area contributed by atoms with Crippen LogP contribution < -0.4 is 5.32 Å². The number of carbonyl (C=O) groups is 1. The van der Waals surface area contributed by atoms with E-state index in [1.54, 1.807) is 24.1 Å². The Morgan fingerprint density at radius 3 is 2.50 bits per heavy atom. The van der Waals surface area contributed by atoms with Crippen molar-refractivity contribution in [3.8, 4) is 5.75 Å². The maximum Gasteiger partial charge on any atom is 0.255 e. The van der Waals surface area contributed by atoms with E-state index in [2.05, 4.69) is 5.32 Å². The van der Waals surface area contributed by atoms with E-state index < -0.39 is 0 Å². The molecule has 0 aliphatic carbocycles. The van der Waals surface area contributed by atoms with E-state index in [4.69, 9.17) is 11.6 Å². The van der Waals surface area contributed by atoms with Gasteiger partial charge >= 0.3 is 0 Å². The van der Waals surface area contributed by atoms with Crippen molar-refractivity contribution in [1.82, 2.24) is 10.2 Å². The highest BCUT2D eigenvalue weighted by Crippen LogP contribution is 2.31. The second-order valence-electron chi connectivity index (χ2n) is 3.94. The molecule has 4 nitrogen and oxygen atoms in total. The molecule has 0 saturated carbocycles. The van der Waals surface area contributed by atoms with Crippen molar-refractivity contribution < 1.29 is 9.90 Å². The van der Waals surface area contributed by atoms with E-state index in [9.17, 15) is 9.90 Å². The molecule has 0 bridgehead atoms. The summed E-state index contributed by atoms with van der Waals surface area (Å²) in [6.45, 7) is 5.55. The highest BCUT2D eigenvalue weighted by molar-refractivity contribution is 6.35. The van der Waals surface area contributed by atoms with Gasteiger partial charge in [-0.1, -0.05) is 17.7 Å². The molecule has 5 heteroatoms. The van der Waals surface area contributed by atoms with Gasteiger partial charge in [0.25, 0.3) is 5.91 Å². The number of benzene rings is 1. The van der Waals surface area contributed by atoms with Gasteiger partial charge in [0, 0.05) is 25.2 Å². The van der Waals surface area contributed by atoms with Gasteiger partial charge in [-0.25, -0.2) is 0 Å². The minimum absolute atomic E-state index is 0.0241. The van der Waals surface area contributed by atoms with E-state index in [1.165, 1.54) is 0 Å². The van der Waals surface area contributed by atoms with Gasteiger partial charge in [0.05, 0.1) is 10.6 Å². The van der Waals surface area contributed by atoms with Crippen molar-refractivity contribution in [1.29, 1.82) is 0 Å². The highest BCUT2D eigenvalue weighted by Gasteiger charge is 2.19. The molecule has 0 heterocycles. The molecule has 1 rings (SSSR count). The summed E-state index contributed by atoms with van der Waals surface area (Å²) in [4.78, 5) is 13.8. The Balaban J connectivity index is 3.12. The van der Waals surface area contributed by atoms with Crippen LogP contribution in [0.3, 0.4) is 0 Å². The standard InChI is InChI=1S/C13H19ClN2O2/c1-4-16(5-2)13(18)10-7-6-9(8-15-3)12(17)11(10)14/h6-7,15,17H,4-5,8H2,1-3H3. The summed E-state index contributed by atoms with van der Waals surface area (Å²) < 4.78 is 0. The average Bonchev–Trinajstić information content (AvgIpc) is 2.36. The van der Waals surface area contributed by atoms with Crippen molar-refractivity contribution in [3.05, 3.63) is 28.3 Å². The summed E-state index contributed by atoms with van der Waals surface area (Å²) in [6.07, 6.45) is 0. The average molecular weight is 271 g/mol. The molecule has 0 atom stereocenters. The Labute approximate surface area is 113 Å². The smallest absolute Gasteiger partial charge is 0.255 e. The number of carbonyl (C=O) groups excluding carboxylic acids is 1. The Kier molecular flexibility index (Phi) is 5.44. The van der Waals surface area contributed by atoms with Crippen molar-refractivity contribution in [2.75, 3.05) is 20.1 Å². The lowest BCUT2D eigenvalue weighted by Crippen LogP contribution is -2.30. The first-order valence-corrected chi connectivity index (χ1v) is 6.38. The fourth-order valence-electron chi connectivity index (χ4n) is 1.78. The van der Waals surface area contributed by atoms with Crippen molar-refractivity contribution in [3.63, 3.8) is 0 Å². The van der Waals surface area contributed by atoms with Crippen molar-refractivity contribution in [2.45, 2.75) is 20.4 Å². The van der Waals surface area contributed by atoms with Gasteiger partial charge in [0.15, 0.2) is 0 Å². The van der Waals surface area contributed by atoms with E-state index in [-0.39, 0.29) is 16.7 Å². The molecule has 0 radical (unpaired) electrons. The van der Waals surface area contributed by atoms with Crippen LogP contribution >= 0.6 is 11.6 Å². The molecule has 0 aliphatic heterocycles. The van der Waals surface area contributed by atoms with Crippen LogP contribution in [0.25, 0.3) is 0 Å². The molecule has 0 fully saturated rings. The minimum atomic E-state index is -0.156. The van der Waals surface area contributed by atoms with Crippen LogP contribution in [0.2, 0.25) is 5.02 Å². The number of nitrogens with zero attached hydrogens (tertiary/aromatic N) is 1. The van der Waals surface area contributed by atoms with Crippen LogP contribution in [0.5, 0.6) is 5.75 Å². The number of aromatic hydroxyl groups is 1. The minimum Gasteiger partial charge on any atom is -0.506 e. The summed E-state index contributed by atoms with van der Waals surface area (Å²) in [5.74, 6) is -0.180. The fourth-order valence-corrected chi connectivity index (χ4v) is 2.05. The second kappa shape index (κ2) is 6.61. The van der Waals surface area contributed by atoms with Gasteiger partial charge in [-0.05, 0) is 27.0 Å². The first-order valence-electron chi connectivity index (χ1n) is 6.00. The van der Waals surface area contributed by atoms with E-state index in [0.717, 1.165) is 0 Å². The SMILES string of the molecule is CCN(CC)C(=O)c1ccc(CNC)c(O)c1Cl. The first kappa shape index (κ1) is 14.8. The largest absolute Gasteiger partial charge is 0.506 e. The van der Waals surface area contributed by atoms with Crippen LogP contribution in [0.1, 0.15) is 29.8 Å². The number of amides is 1. The van der Waals surface area contributed by atoms with Gasteiger partial charge in [-0.2, -0.15) is 0 Å². The third-order valence-corrected chi connectivity index (χ3v) is 3.23. The lowest BCUT2D eigenvalue weighted by Gasteiger charge is -2.20. The number of hydrogen-bond donors (Lipinski definition) is 2. The maximum atomic E-state index is 12.2. The normalized spacial score (nSPS) is 10.4. The molecule has 0 aromatic heterocycles. The Bertz CT molecular complexity index is 431. The lowest BCUT2D eigenvalue weighted by molar-refractivity contribution is 0.0772. The zero-order valence-electron chi connectivity index (χ0n) is 11.0. The molecule has 2 N–H and O–H groups in total. The number of rotatable bonds is 5. The van der Waals surface area contributed by atoms with E-state index in [0.29, 0.717) is 30.8 Å². The molecular formula is C13H19ClN2O2. The molecule has 1 amide bonds. The predicted octanol–water partition coefficient (Wildman–Crippen LogP) is 2.25. The summed E-state index contributed by atoms with van der Waals surface area (Å²) >= 11 is 6.06. The van der Waals surface area contributed by atoms with Gasteiger partial charge in [0.1, 0.15) is 5.75 Å². The molecule has 18 heavy (non-hydrogen) atoms. The molecule has 0 spiro atoms. The van der Waals surface area contributed by atoms with Crippen molar-refractivity contribution in [2.24, 2.45) is 0 Å². The topological polar surface area (TPSA) is 52.6 Å². The van der Waals surface area contributed by atoms with Gasteiger partial charge in [-0.15, -0.1) is 0 Å². The van der Waals surface area contributed by atoms with Crippen LogP contribution in [-0.4, -0.2) is 36.1 Å². The third-order valence-electron chi connectivity index (χ3n) is 2.85.